The molecule has 0 amide bonds. The van der Waals surface area contributed by atoms with E-state index in [1.807, 2.05) is 6.26 Å². The van der Waals surface area contributed by atoms with Crippen molar-refractivity contribution in [3.05, 3.63) is 0 Å². The molecule has 0 bridgehead atoms. The van der Waals surface area contributed by atoms with Gasteiger partial charge in [0.25, 0.3) is 0 Å². The van der Waals surface area contributed by atoms with Crippen molar-refractivity contribution in [1.82, 2.24) is 0 Å². The molecule has 0 aromatic heterocycles. The van der Waals surface area contributed by atoms with Gasteiger partial charge in [0.1, 0.15) is 4.75 Å². The highest BCUT2D eigenvalue weighted by atomic mass is 32.2. The molecule has 1 fully saturated rings. The standard InChI is InChI=1S/C6H10O2S2/c1-9-6(5(7)8)2-3-10-4-6/h2-4H2,1H3,(H,7,8). The van der Waals surface area contributed by atoms with Gasteiger partial charge in [-0.25, -0.2) is 0 Å². The summed E-state index contributed by atoms with van der Waals surface area (Å²) in [6, 6.07) is 0. The minimum Gasteiger partial charge on any atom is -0.480 e. The molecule has 1 unspecified atom stereocenters. The van der Waals surface area contributed by atoms with E-state index in [1.165, 1.54) is 11.8 Å². The Bertz CT molecular complexity index is 141. The van der Waals surface area contributed by atoms with Crippen LogP contribution in [0.5, 0.6) is 0 Å². The lowest BCUT2D eigenvalue weighted by Crippen LogP contribution is -2.34. The van der Waals surface area contributed by atoms with Crippen molar-refractivity contribution in [2.24, 2.45) is 0 Å². The predicted molar refractivity (Wildman–Crippen MR) is 45.8 cm³/mol. The van der Waals surface area contributed by atoms with Crippen LogP contribution in [0.4, 0.5) is 0 Å². The van der Waals surface area contributed by atoms with Gasteiger partial charge in [-0.1, -0.05) is 0 Å². The Morgan fingerprint density at radius 3 is 2.70 bits per heavy atom. The van der Waals surface area contributed by atoms with Gasteiger partial charge in [0.05, 0.1) is 0 Å². The molecule has 1 atom stereocenters. The first-order chi connectivity index (χ1) is 4.71. The summed E-state index contributed by atoms with van der Waals surface area (Å²) in [6.07, 6.45) is 2.69. The zero-order valence-corrected chi connectivity index (χ0v) is 7.43. The molecule has 1 N–H and O–H groups in total. The SMILES string of the molecule is CSC1(C(=O)O)CCSC1. The largest absolute Gasteiger partial charge is 0.480 e. The third-order valence-corrected chi connectivity index (χ3v) is 4.44. The van der Waals surface area contributed by atoms with Crippen LogP contribution in [0.3, 0.4) is 0 Å². The molecule has 0 aromatic rings. The summed E-state index contributed by atoms with van der Waals surface area (Å²) < 4.78 is -0.468. The molecule has 1 heterocycles. The lowest BCUT2D eigenvalue weighted by Gasteiger charge is -2.18. The molecular formula is C6H10O2S2. The molecule has 58 valence electrons. The molecule has 1 aliphatic rings. The second-order valence-corrected chi connectivity index (χ2v) is 4.60. The van der Waals surface area contributed by atoms with E-state index < -0.39 is 10.7 Å². The first-order valence-electron chi connectivity index (χ1n) is 3.07. The van der Waals surface area contributed by atoms with E-state index >= 15 is 0 Å². The summed E-state index contributed by atoms with van der Waals surface area (Å²) in [5, 5.41) is 8.83. The molecule has 0 aromatic carbocycles. The van der Waals surface area contributed by atoms with Crippen LogP contribution in [0.15, 0.2) is 0 Å². The molecule has 4 heteroatoms. The second kappa shape index (κ2) is 3.05. The van der Waals surface area contributed by atoms with Crippen LogP contribution < -0.4 is 0 Å². The molecule has 0 aliphatic carbocycles. The Labute approximate surface area is 68.8 Å². The van der Waals surface area contributed by atoms with E-state index in [2.05, 4.69) is 0 Å². The third kappa shape index (κ3) is 1.27. The molecule has 10 heavy (non-hydrogen) atoms. The number of hydrogen-bond donors (Lipinski definition) is 1. The van der Waals surface area contributed by atoms with Gasteiger partial charge in [0, 0.05) is 5.75 Å². The van der Waals surface area contributed by atoms with Crippen LogP contribution in [-0.2, 0) is 4.79 Å². The van der Waals surface area contributed by atoms with Crippen LogP contribution in [0.2, 0.25) is 0 Å². The van der Waals surface area contributed by atoms with Crippen molar-refractivity contribution < 1.29 is 9.90 Å². The van der Waals surface area contributed by atoms with E-state index in [-0.39, 0.29) is 0 Å². The highest BCUT2D eigenvalue weighted by Crippen LogP contribution is 2.38. The molecule has 1 rings (SSSR count). The van der Waals surface area contributed by atoms with E-state index in [4.69, 9.17) is 5.11 Å². The molecule has 0 saturated carbocycles. The van der Waals surface area contributed by atoms with E-state index in [0.717, 1.165) is 17.9 Å². The van der Waals surface area contributed by atoms with Gasteiger partial charge in [-0.15, -0.1) is 11.8 Å². The third-order valence-electron chi connectivity index (χ3n) is 1.77. The molecule has 1 saturated heterocycles. The van der Waals surface area contributed by atoms with Crippen LogP contribution >= 0.6 is 23.5 Å². The molecule has 0 radical (unpaired) electrons. The highest BCUT2D eigenvalue weighted by molar-refractivity contribution is 8.04. The lowest BCUT2D eigenvalue weighted by molar-refractivity contribution is -0.139. The molecule has 0 spiro atoms. The summed E-state index contributed by atoms with van der Waals surface area (Å²) in [5.74, 6) is 1.11. The highest BCUT2D eigenvalue weighted by Gasteiger charge is 2.40. The van der Waals surface area contributed by atoms with Crippen molar-refractivity contribution in [1.29, 1.82) is 0 Å². The van der Waals surface area contributed by atoms with Crippen molar-refractivity contribution in [3.63, 3.8) is 0 Å². The van der Waals surface area contributed by atoms with Crippen molar-refractivity contribution in [2.45, 2.75) is 11.2 Å². The zero-order valence-electron chi connectivity index (χ0n) is 5.79. The van der Waals surface area contributed by atoms with Crippen LogP contribution in [0.25, 0.3) is 0 Å². The Morgan fingerprint density at radius 1 is 1.80 bits per heavy atom. The van der Waals surface area contributed by atoms with Crippen molar-refractivity contribution >= 4 is 29.5 Å². The number of carboxylic acid groups (broad SMARTS) is 1. The Hall–Kier alpha value is 0.170. The van der Waals surface area contributed by atoms with Gasteiger partial charge in [0.15, 0.2) is 0 Å². The molecule has 2 nitrogen and oxygen atoms in total. The van der Waals surface area contributed by atoms with E-state index in [1.54, 1.807) is 11.8 Å². The van der Waals surface area contributed by atoms with Gasteiger partial charge < -0.3 is 5.11 Å². The zero-order chi connectivity index (χ0) is 7.61. The number of rotatable bonds is 2. The smallest absolute Gasteiger partial charge is 0.320 e. The number of hydrogen-bond acceptors (Lipinski definition) is 3. The lowest BCUT2D eigenvalue weighted by atomic mass is 10.1. The normalized spacial score (nSPS) is 32.5. The maximum absolute atomic E-state index is 10.7. The van der Waals surface area contributed by atoms with Crippen molar-refractivity contribution in [3.8, 4) is 0 Å². The fourth-order valence-corrected chi connectivity index (χ4v) is 3.53. The summed E-state index contributed by atoms with van der Waals surface area (Å²) in [7, 11) is 0. The number of carbonyl (C=O) groups is 1. The van der Waals surface area contributed by atoms with Gasteiger partial charge in [-0.05, 0) is 18.4 Å². The van der Waals surface area contributed by atoms with Crippen molar-refractivity contribution in [2.75, 3.05) is 17.8 Å². The summed E-state index contributed by atoms with van der Waals surface area (Å²) in [6.45, 7) is 0. The van der Waals surface area contributed by atoms with Crippen LogP contribution in [0, 0.1) is 0 Å². The minimum atomic E-state index is -0.648. The number of carboxylic acids is 1. The van der Waals surface area contributed by atoms with Gasteiger partial charge in [-0.3, -0.25) is 4.79 Å². The average molecular weight is 178 g/mol. The quantitative estimate of drug-likeness (QED) is 0.692. The maximum Gasteiger partial charge on any atom is 0.320 e. The van der Waals surface area contributed by atoms with Gasteiger partial charge >= 0.3 is 5.97 Å². The van der Waals surface area contributed by atoms with Crippen LogP contribution in [0.1, 0.15) is 6.42 Å². The minimum absolute atomic E-state index is 0.468. The maximum atomic E-state index is 10.7. The van der Waals surface area contributed by atoms with Gasteiger partial charge in [-0.2, -0.15) is 11.8 Å². The molecular weight excluding hydrogens is 168 g/mol. The molecule has 1 aliphatic heterocycles. The monoisotopic (exact) mass is 178 g/mol. The predicted octanol–water partition coefficient (Wildman–Crippen LogP) is 1.31. The van der Waals surface area contributed by atoms with E-state index in [9.17, 15) is 4.79 Å². The first kappa shape index (κ1) is 8.27. The number of thioether (sulfide) groups is 2. The fraction of sp³-hybridized carbons (Fsp3) is 0.833. The summed E-state index contributed by atoms with van der Waals surface area (Å²) in [4.78, 5) is 10.7. The number of aliphatic carboxylic acids is 1. The first-order valence-corrected chi connectivity index (χ1v) is 5.45. The average Bonchev–Trinajstić information content (AvgIpc) is 2.35. The summed E-state index contributed by atoms with van der Waals surface area (Å²) in [5.41, 5.74) is 0. The summed E-state index contributed by atoms with van der Waals surface area (Å²) >= 11 is 3.20. The fourth-order valence-electron chi connectivity index (χ4n) is 0.963. The Kier molecular flexibility index (Phi) is 2.52. The Morgan fingerprint density at radius 2 is 2.50 bits per heavy atom. The van der Waals surface area contributed by atoms with Crippen LogP contribution in [-0.4, -0.2) is 33.6 Å². The van der Waals surface area contributed by atoms with Gasteiger partial charge in [0.2, 0.25) is 0 Å². The second-order valence-electron chi connectivity index (χ2n) is 2.31. The van der Waals surface area contributed by atoms with E-state index in [0.29, 0.717) is 0 Å². The Balaban J connectivity index is 2.67. The topological polar surface area (TPSA) is 37.3 Å².